The van der Waals surface area contributed by atoms with Gasteiger partial charge in [-0.05, 0) is 38.0 Å². The first-order valence-electron chi connectivity index (χ1n) is 8.58. The van der Waals surface area contributed by atoms with Crippen LogP contribution in [-0.4, -0.2) is 44.8 Å². The fourth-order valence-electron chi connectivity index (χ4n) is 3.41. The topological polar surface area (TPSA) is 88.6 Å². The summed E-state index contributed by atoms with van der Waals surface area (Å²) in [6.07, 6.45) is 4.36. The minimum Gasteiger partial charge on any atom is -0.478 e. The molecule has 1 saturated heterocycles. The molecule has 0 aliphatic carbocycles. The molecule has 4 rings (SSSR count). The summed E-state index contributed by atoms with van der Waals surface area (Å²) in [6, 6.07) is 7.74. The maximum Gasteiger partial charge on any atom is 0.338 e. The van der Waals surface area contributed by atoms with Crippen LogP contribution >= 0.6 is 0 Å². The minimum atomic E-state index is -0.982. The SMILES string of the molecule is Cc1ccc2oc(C(=O)N3CCC(n4cc(C(=O)O)cn4)CC3)cc2c1. The second-order valence-corrected chi connectivity index (χ2v) is 6.69. The van der Waals surface area contributed by atoms with Crippen molar-refractivity contribution < 1.29 is 19.1 Å². The standard InChI is InChI=1S/C19H19N3O4/c1-12-2-3-16-13(8-12)9-17(26-16)18(23)21-6-4-15(5-7-21)22-11-14(10-20-22)19(24)25/h2-3,8-11,15H,4-7H2,1H3,(H,24,25). The van der Waals surface area contributed by atoms with E-state index in [9.17, 15) is 9.59 Å². The smallest absolute Gasteiger partial charge is 0.338 e. The van der Waals surface area contributed by atoms with Gasteiger partial charge in [-0.2, -0.15) is 5.10 Å². The molecule has 1 N–H and O–H groups in total. The van der Waals surface area contributed by atoms with E-state index in [4.69, 9.17) is 9.52 Å². The Labute approximate surface area is 149 Å². The van der Waals surface area contributed by atoms with Gasteiger partial charge >= 0.3 is 5.97 Å². The van der Waals surface area contributed by atoms with Gasteiger partial charge in [0.1, 0.15) is 5.58 Å². The van der Waals surface area contributed by atoms with E-state index in [2.05, 4.69) is 5.10 Å². The van der Waals surface area contributed by atoms with E-state index in [1.54, 1.807) is 21.8 Å². The number of likely N-dealkylation sites (tertiary alicyclic amines) is 1. The minimum absolute atomic E-state index is 0.102. The molecule has 3 aromatic rings. The highest BCUT2D eigenvalue weighted by atomic mass is 16.4. The Morgan fingerprint density at radius 3 is 2.69 bits per heavy atom. The number of carboxylic acid groups (broad SMARTS) is 1. The highest BCUT2D eigenvalue weighted by Gasteiger charge is 2.27. The van der Waals surface area contributed by atoms with Crippen LogP contribution in [0.25, 0.3) is 11.0 Å². The zero-order valence-corrected chi connectivity index (χ0v) is 14.4. The van der Waals surface area contributed by atoms with E-state index < -0.39 is 5.97 Å². The zero-order chi connectivity index (χ0) is 18.3. The van der Waals surface area contributed by atoms with E-state index in [0.717, 1.165) is 23.8 Å². The molecule has 0 spiro atoms. The average molecular weight is 353 g/mol. The van der Waals surface area contributed by atoms with Crippen molar-refractivity contribution >= 4 is 22.8 Å². The fraction of sp³-hybridized carbons (Fsp3) is 0.316. The third kappa shape index (κ3) is 2.96. The van der Waals surface area contributed by atoms with Gasteiger partial charge in [0.2, 0.25) is 0 Å². The molecule has 7 heteroatoms. The number of amides is 1. The number of carbonyl (C=O) groups excluding carboxylic acids is 1. The van der Waals surface area contributed by atoms with Crippen LogP contribution in [-0.2, 0) is 0 Å². The summed E-state index contributed by atoms with van der Waals surface area (Å²) in [5.41, 5.74) is 2.02. The molecule has 2 aromatic heterocycles. The fourth-order valence-corrected chi connectivity index (χ4v) is 3.41. The third-order valence-corrected chi connectivity index (χ3v) is 4.86. The molecule has 1 amide bonds. The normalized spacial score (nSPS) is 15.5. The molecule has 0 atom stereocenters. The predicted octanol–water partition coefficient (Wildman–Crippen LogP) is 3.11. The quantitative estimate of drug-likeness (QED) is 0.781. The van der Waals surface area contributed by atoms with Gasteiger partial charge in [-0.15, -0.1) is 0 Å². The van der Waals surface area contributed by atoms with Crippen molar-refractivity contribution in [3.8, 4) is 0 Å². The van der Waals surface area contributed by atoms with Crippen molar-refractivity contribution in [2.24, 2.45) is 0 Å². The van der Waals surface area contributed by atoms with E-state index >= 15 is 0 Å². The molecule has 1 aromatic carbocycles. The van der Waals surface area contributed by atoms with E-state index in [-0.39, 0.29) is 17.5 Å². The predicted molar refractivity (Wildman–Crippen MR) is 94.3 cm³/mol. The van der Waals surface area contributed by atoms with Crippen LogP contribution in [0.2, 0.25) is 0 Å². The molecule has 3 heterocycles. The van der Waals surface area contributed by atoms with Crippen LogP contribution < -0.4 is 0 Å². The number of hydrogen-bond acceptors (Lipinski definition) is 4. The van der Waals surface area contributed by atoms with Crippen molar-refractivity contribution in [1.29, 1.82) is 0 Å². The lowest BCUT2D eigenvalue weighted by molar-refractivity contribution is 0.0660. The Morgan fingerprint density at radius 2 is 2.00 bits per heavy atom. The number of benzene rings is 1. The summed E-state index contributed by atoms with van der Waals surface area (Å²) in [6.45, 7) is 3.17. The molecule has 0 unspecified atom stereocenters. The molecule has 0 saturated carbocycles. The maximum absolute atomic E-state index is 12.7. The van der Waals surface area contributed by atoms with Crippen LogP contribution in [0.4, 0.5) is 0 Å². The van der Waals surface area contributed by atoms with Crippen LogP contribution in [0.5, 0.6) is 0 Å². The van der Waals surface area contributed by atoms with Gasteiger partial charge in [-0.25, -0.2) is 4.79 Å². The molecule has 7 nitrogen and oxygen atoms in total. The van der Waals surface area contributed by atoms with E-state index in [1.165, 1.54) is 6.20 Å². The van der Waals surface area contributed by atoms with E-state index in [1.807, 2.05) is 25.1 Å². The number of hydrogen-bond donors (Lipinski definition) is 1. The number of aromatic carboxylic acids is 1. The second kappa shape index (κ2) is 6.33. The number of aromatic nitrogens is 2. The number of piperidine rings is 1. The van der Waals surface area contributed by atoms with Crippen molar-refractivity contribution in [2.45, 2.75) is 25.8 Å². The Bertz CT molecular complexity index is 980. The molecule has 1 fully saturated rings. The first-order chi connectivity index (χ1) is 12.5. The van der Waals surface area contributed by atoms with Crippen LogP contribution in [0.3, 0.4) is 0 Å². The van der Waals surface area contributed by atoms with Crippen molar-refractivity contribution in [1.82, 2.24) is 14.7 Å². The number of nitrogens with zero attached hydrogens (tertiary/aromatic N) is 3. The summed E-state index contributed by atoms with van der Waals surface area (Å²) in [5.74, 6) is -0.732. The molecular formula is C19H19N3O4. The van der Waals surface area contributed by atoms with Gasteiger partial charge in [0.25, 0.3) is 5.91 Å². The van der Waals surface area contributed by atoms with Gasteiger partial charge < -0.3 is 14.4 Å². The van der Waals surface area contributed by atoms with Gasteiger partial charge in [0.15, 0.2) is 5.76 Å². The summed E-state index contributed by atoms with van der Waals surface area (Å²) in [4.78, 5) is 25.5. The second-order valence-electron chi connectivity index (χ2n) is 6.69. The molecular weight excluding hydrogens is 334 g/mol. The third-order valence-electron chi connectivity index (χ3n) is 4.86. The number of fused-ring (bicyclic) bond motifs is 1. The zero-order valence-electron chi connectivity index (χ0n) is 14.4. The van der Waals surface area contributed by atoms with Crippen molar-refractivity contribution in [3.63, 3.8) is 0 Å². The van der Waals surface area contributed by atoms with Gasteiger partial charge in [0, 0.05) is 24.7 Å². The first kappa shape index (κ1) is 16.4. The number of carbonyl (C=O) groups is 2. The first-order valence-corrected chi connectivity index (χ1v) is 8.58. The molecule has 1 aliphatic heterocycles. The molecule has 0 bridgehead atoms. The average Bonchev–Trinajstić information content (AvgIpc) is 3.28. The van der Waals surface area contributed by atoms with Crippen molar-refractivity contribution in [2.75, 3.05) is 13.1 Å². The lowest BCUT2D eigenvalue weighted by Gasteiger charge is -2.31. The highest BCUT2D eigenvalue weighted by molar-refractivity contribution is 5.96. The largest absolute Gasteiger partial charge is 0.478 e. The summed E-state index contributed by atoms with van der Waals surface area (Å²) in [7, 11) is 0. The van der Waals surface area contributed by atoms with Crippen LogP contribution in [0.15, 0.2) is 41.1 Å². The Kier molecular flexibility index (Phi) is 3.99. The maximum atomic E-state index is 12.7. The lowest BCUT2D eigenvalue weighted by atomic mass is 10.0. The number of rotatable bonds is 3. The van der Waals surface area contributed by atoms with Crippen molar-refractivity contribution in [3.05, 3.63) is 53.5 Å². The molecule has 134 valence electrons. The van der Waals surface area contributed by atoms with Gasteiger partial charge in [-0.1, -0.05) is 11.6 Å². The monoisotopic (exact) mass is 353 g/mol. The molecule has 26 heavy (non-hydrogen) atoms. The molecule has 0 radical (unpaired) electrons. The Morgan fingerprint density at radius 1 is 1.23 bits per heavy atom. The number of aryl methyl sites for hydroxylation is 1. The summed E-state index contributed by atoms with van der Waals surface area (Å²) in [5, 5.41) is 14.1. The summed E-state index contributed by atoms with van der Waals surface area (Å²) < 4.78 is 7.39. The molecule has 1 aliphatic rings. The van der Waals surface area contributed by atoms with Gasteiger partial charge in [0.05, 0.1) is 17.8 Å². The highest BCUT2D eigenvalue weighted by Crippen LogP contribution is 2.26. The number of furan rings is 1. The van der Waals surface area contributed by atoms with E-state index in [0.29, 0.717) is 24.4 Å². The number of carboxylic acids is 1. The lowest BCUT2D eigenvalue weighted by Crippen LogP contribution is -2.39. The summed E-state index contributed by atoms with van der Waals surface area (Å²) >= 11 is 0. The van der Waals surface area contributed by atoms with Crippen LogP contribution in [0.1, 0.15) is 45.4 Å². The van der Waals surface area contributed by atoms with Crippen LogP contribution in [0, 0.1) is 6.92 Å². The van der Waals surface area contributed by atoms with Gasteiger partial charge in [-0.3, -0.25) is 9.48 Å². The Balaban J connectivity index is 1.44. The Hall–Kier alpha value is -3.09.